The second kappa shape index (κ2) is 6.24. The molecule has 1 amide bonds. The number of aliphatic hydroxyl groups is 1. The number of hydrogen-bond acceptors (Lipinski definition) is 7. The molecule has 1 aromatic carbocycles. The van der Waals surface area contributed by atoms with Gasteiger partial charge in [0.15, 0.2) is 11.5 Å². The SMILES string of the molecule is Cc1nc2cc(C(=O)N3C[C@@H](O)[C@H](n4cnc5c(N)ncnc54)C3)ccc2n1C. The second-order valence-corrected chi connectivity index (χ2v) is 7.35. The quantitative estimate of drug-likeness (QED) is 0.513. The molecule has 1 aliphatic rings. The number of likely N-dealkylation sites (tertiary alicyclic amines) is 1. The molecule has 5 rings (SSSR count). The van der Waals surface area contributed by atoms with Gasteiger partial charge in [-0.25, -0.2) is 19.9 Å². The van der Waals surface area contributed by atoms with Crippen LogP contribution in [0.1, 0.15) is 22.2 Å². The van der Waals surface area contributed by atoms with Crippen molar-refractivity contribution in [1.82, 2.24) is 34.0 Å². The third-order valence-electron chi connectivity index (χ3n) is 5.64. The highest BCUT2D eigenvalue weighted by atomic mass is 16.3. The smallest absolute Gasteiger partial charge is 0.254 e. The van der Waals surface area contributed by atoms with Crippen LogP contribution in [0.3, 0.4) is 0 Å². The lowest BCUT2D eigenvalue weighted by atomic mass is 10.1. The van der Waals surface area contributed by atoms with E-state index in [1.54, 1.807) is 27.9 Å². The number of carbonyl (C=O) groups is 1. The first-order chi connectivity index (χ1) is 13.9. The molecule has 10 nitrogen and oxygen atoms in total. The van der Waals surface area contributed by atoms with Gasteiger partial charge in [0.2, 0.25) is 0 Å². The van der Waals surface area contributed by atoms with Gasteiger partial charge in [0.1, 0.15) is 17.7 Å². The highest BCUT2D eigenvalue weighted by molar-refractivity contribution is 5.97. The molecule has 1 fully saturated rings. The van der Waals surface area contributed by atoms with E-state index in [-0.39, 0.29) is 24.3 Å². The molecule has 1 aliphatic heterocycles. The molecule has 0 radical (unpaired) electrons. The van der Waals surface area contributed by atoms with Gasteiger partial charge < -0.3 is 24.9 Å². The molecule has 2 atom stereocenters. The Morgan fingerprint density at radius 3 is 2.90 bits per heavy atom. The second-order valence-electron chi connectivity index (χ2n) is 7.35. The number of anilines is 1. The van der Waals surface area contributed by atoms with Gasteiger partial charge in [-0.15, -0.1) is 0 Å². The summed E-state index contributed by atoms with van der Waals surface area (Å²) in [5.74, 6) is 1.03. The zero-order chi connectivity index (χ0) is 20.3. The predicted octanol–water partition coefficient (Wildman–Crippen LogP) is 0.662. The number of rotatable bonds is 2. The van der Waals surface area contributed by atoms with Crippen LogP contribution in [0.4, 0.5) is 5.82 Å². The maximum Gasteiger partial charge on any atom is 0.254 e. The summed E-state index contributed by atoms with van der Waals surface area (Å²) < 4.78 is 3.74. The Morgan fingerprint density at radius 2 is 2.07 bits per heavy atom. The first-order valence-corrected chi connectivity index (χ1v) is 9.27. The van der Waals surface area contributed by atoms with Crippen LogP contribution in [0.2, 0.25) is 0 Å². The highest BCUT2D eigenvalue weighted by Crippen LogP contribution is 2.28. The number of aliphatic hydroxyl groups excluding tert-OH is 1. The number of nitrogen functional groups attached to an aromatic ring is 1. The van der Waals surface area contributed by atoms with Crippen molar-refractivity contribution in [2.75, 3.05) is 18.8 Å². The molecule has 0 saturated carbocycles. The van der Waals surface area contributed by atoms with Crippen molar-refractivity contribution in [3.05, 3.63) is 42.2 Å². The van der Waals surface area contributed by atoms with E-state index in [1.807, 2.05) is 24.6 Å². The zero-order valence-electron chi connectivity index (χ0n) is 16.0. The number of fused-ring (bicyclic) bond motifs is 2. The average Bonchev–Trinajstić information content (AvgIpc) is 3.38. The number of aryl methyl sites for hydroxylation is 2. The van der Waals surface area contributed by atoms with Crippen LogP contribution in [-0.2, 0) is 7.05 Å². The van der Waals surface area contributed by atoms with Crippen molar-refractivity contribution in [1.29, 1.82) is 0 Å². The molecule has 10 heteroatoms. The van der Waals surface area contributed by atoms with Gasteiger partial charge in [-0.05, 0) is 25.1 Å². The Hall–Kier alpha value is -3.53. The number of benzene rings is 1. The summed E-state index contributed by atoms with van der Waals surface area (Å²) in [7, 11) is 1.94. The summed E-state index contributed by atoms with van der Waals surface area (Å²) in [6.45, 7) is 2.49. The molecular formula is C19H20N8O2. The Labute approximate surface area is 165 Å². The third kappa shape index (κ3) is 2.64. The monoisotopic (exact) mass is 392 g/mol. The molecule has 1 saturated heterocycles. The molecule has 3 N–H and O–H groups in total. The van der Waals surface area contributed by atoms with Crippen LogP contribution < -0.4 is 5.73 Å². The minimum absolute atomic E-state index is 0.143. The number of aromatic nitrogens is 6. The Kier molecular flexibility index (Phi) is 3.78. The van der Waals surface area contributed by atoms with Gasteiger partial charge in [0.25, 0.3) is 5.91 Å². The Balaban J connectivity index is 1.44. The lowest BCUT2D eigenvalue weighted by Crippen LogP contribution is -2.29. The van der Waals surface area contributed by atoms with E-state index >= 15 is 0 Å². The van der Waals surface area contributed by atoms with E-state index in [4.69, 9.17) is 5.73 Å². The number of carbonyl (C=O) groups excluding carboxylic acids is 1. The maximum atomic E-state index is 13.1. The topological polar surface area (TPSA) is 128 Å². The van der Waals surface area contributed by atoms with Crippen molar-refractivity contribution in [3.63, 3.8) is 0 Å². The summed E-state index contributed by atoms with van der Waals surface area (Å²) >= 11 is 0. The van der Waals surface area contributed by atoms with Crippen molar-refractivity contribution in [3.8, 4) is 0 Å². The largest absolute Gasteiger partial charge is 0.389 e. The lowest BCUT2D eigenvalue weighted by molar-refractivity contribution is 0.0765. The van der Waals surface area contributed by atoms with E-state index < -0.39 is 6.10 Å². The number of amides is 1. The molecule has 4 aromatic rings. The molecule has 0 aliphatic carbocycles. The third-order valence-corrected chi connectivity index (χ3v) is 5.64. The molecule has 4 heterocycles. The minimum Gasteiger partial charge on any atom is -0.389 e. The van der Waals surface area contributed by atoms with Crippen LogP contribution in [0.5, 0.6) is 0 Å². The normalized spacial score (nSPS) is 19.5. The van der Waals surface area contributed by atoms with Crippen LogP contribution in [0.15, 0.2) is 30.9 Å². The molecule has 0 unspecified atom stereocenters. The highest BCUT2D eigenvalue weighted by Gasteiger charge is 2.36. The first kappa shape index (κ1) is 17.6. The standard InChI is InChI=1S/C19H20N8O2/c1-10-24-12-5-11(3-4-13(12)25(10)2)19(29)26-6-14(15(28)7-26)27-9-23-16-17(20)21-8-22-18(16)27/h3-5,8-9,14-15,28H,6-7H2,1-2H3,(H2,20,21,22)/t14-,15-/m1/s1. The Morgan fingerprint density at radius 1 is 1.24 bits per heavy atom. The first-order valence-electron chi connectivity index (χ1n) is 9.27. The van der Waals surface area contributed by atoms with Gasteiger partial charge in [-0.3, -0.25) is 4.79 Å². The molecule has 29 heavy (non-hydrogen) atoms. The fourth-order valence-corrected chi connectivity index (χ4v) is 3.96. The number of hydrogen-bond donors (Lipinski definition) is 2. The van der Waals surface area contributed by atoms with Crippen molar-refractivity contribution in [2.45, 2.75) is 19.1 Å². The van der Waals surface area contributed by atoms with Gasteiger partial charge in [-0.2, -0.15) is 0 Å². The fraction of sp³-hybridized carbons (Fsp3) is 0.316. The van der Waals surface area contributed by atoms with Gasteiger partial charge >= 0.3 is 0 Å². The van der Waals surface area contributed by atoms with Crippen molar-refractivity contribution in [2.24, 2.45) is 7.05 Å². The molecule has 0 spiro atoms. The van der Waals surface area contributed by atoms with E-state index in [0.717, 1.165) is 16.9 Å². The number of imidazole rings is 2. The summed E-state index contributed by atoms with van der Waals surface area (Å²) in [4.78, 5) is 31.6. The van der Waals surface area contributed by atoms with E-state index in [1.165, 1.54) is 6.33 Å². The van der Waals surface area contributed by atoms with Gasteiger partial charge in [-0.1, -0.05) is 0 Å². The number of nitrogens with zero attached hydrogens (tertiary/aromatic N) is 7. The van der Waals surface area contributed by atoms with E-state index in [9.17, 15) is 9.90 Å². The fourth-order valence-electron chi connectivity index (χ4n) is 3.96. The molecule has 148 valence electrons. The summed E-state index contributed by atoms with van der Waals surface area (Å²) in [6, 6.07) is 5.13. The number of β-amino-alcohol motifs (C(OH)–C–C–N with tert-alkyl or cyclic N) is 1. The van der Waals surface area contributed by atoms with Crippen LogP contribution in [0, 0.1) is 6.92 Å². The van der Waals surface area contributed by atoms with Gasteiger partial charge in [0.05, 0.1) is 29.5 Å². The Bertz CT molecular complexity index is 1260. The van der Waals surface area contributed by atoms with E-state index in [2.05, 4.69) is 19.9 Å². The zero-order valence-corrected chi connectivity index (χ0v) is 16.0. The lowest BCUT2D eigenvalue weighted by Gasteiger charge is -2.17. The van der Waals surface area contributed by atoms with E-state index in [0.29, 0.717) is 23.3 Å². The van der Waals surface area contributed by atoms with Crippen LogP contribution in [0.25, 0.3) is 22.2 Å². The van der Waals surface area contributed by atoms with Crippen molar-refractivity contribution >= 4 is 33.9 Å². The molecule has 3 aromatic heterocycles. The van der Waals surface area contributed by atoms with Crippen molar-refractivity contribution < 1.29 is 9.90 Å². The molecular weight excluding hydrogens is 372 g/mol. The van der Waals surface area contributed by atoms with Gasteiger partial charge in [0, 0.05) is 25.7 Å². The number of nitrogens with two attached hydrogens (primary N) is 1. The summed E-state index contributed by atoms with van der Waals surface area (Å²) in [6.07, 6.45) is 2.21. The molecule has 0 bridgehead atoms. The minimum atomic E-state index is -0.742. The van der Waals surface area contributed by atoms with Crippen LogP contribution in [-0.4, -0.2) is 64.2 Å². The van der Waals surface area contributed by atoms with Crippen LogP contribution >= 0.6 is 0 Å². The average molecular weight is 392 g/mol. The summed E-state index contributed by atoms with van der Waals surface area (Å²) in [5, 5.41) is 10.6. The summed E-state index contributed by atoms with van der Waals surface area (Å²) in [5.41, 5.74) is 9.18. The maximum absolute atomic E-state index is 13.1. The predicted molar refractivity (Wildman–Crippen MR) is 106 cm³/mol.